The van der Waals surface area contributed by atoms with E-state index in [1.165, 1.54) is 13.3 Å². The van der Waals surface area contributed by atoms with E-state index in [4.69, 9.17) is 9.84 Å². The van der Waals surface area contributed by atoms with Crippen molar-refractivity contribution >= 4 is 5.97 Å². The molecule has 0 radical (unpaired) electrons. The second kappa shape index (κ2) is 6.81. The van der Waals surface area contributed by atoms with Crippen molar-refractivity contribution in [3.05, 3.63) is 23.9 Å². The minimum atomic E-state index is -0.859. The molecule has 0 aliphatic carbocycles. The molecule has 0 saturated carbocycles. The van der Waals surface area contributed by atoms with E-state index < -0.39 is 5.97 Å². The SMILES string of the molecule is COc1ccc(CC(=O)O)cn1.NN. The molecule has 0 aliphatic rings. The summed E-state index contributed by atoms with van der Waals surface area (Å²) in [5.74, 6) is 7.63. The van der Waals surface area contributed by atoms with Gasteiger partial charge in [0.05, 0.1) is 13.5 Å². The van der Waals surface area contributed by atoms with Gasteiger partial charge >= 0.3 is 5.97 Å². The van der Waals surface area contributed by atoms with Crippen molar-refractivity contribution in [1.29, 1.82) is 0 Å². The van der Waals surface area contributed by atoms with E-state index in [0.29, 0.717) is 11.4 Å². The van der Waals surface area contributed by atoms with E-state index in [0.717, 1.165) is 0 Å². The van der Waals surface area contributed by atoms with Gasteiger partial charge in [-0.2, -0.15) is 0 Å². The zero-order valence-corrected chi connectivity index (χ0v) is 7.80. The van der Waals surface area contributed by atoms with Crippen LogP contribution in [0.15, 0.2) is 18.3 Å². The van der Waals surface area contributed by atoms with Gasteiger partial charge in [0.1, 0.15) is 0 Å². The number of hydrogen-bond acceptors (Lipinski definition) is 5. The third-order valence-electron chi connectivity index (χ3n) is 1.36. The van der Waals surface area contributed by atoms with Crippen LogP contribution in [0.3, 0.4) is 0 Å². The van der Waals surface area contributed by atoms with Crippen LogP contribution in [0.1, 0.15) is 5.56 Å². The van der Waals surface area contributed by atoms with Crippen LogP contribution in [-0.2, 0) is 11.2 Å². The second-order valence-electron chi connectivity index (χ2n) is 2.28. The third kappa shape index (κ3) is 4.39. The molecule has 6 nitrogen and oxygen atoms in total. The van der Waals surface area contributed by atoms with Crippen LogP contribution in [0.25, 0.3) is 0 Å². The highest BCUT2D eigenvalue weighted by atomic mass is 16.5. The number of nitrogens with two attached hydrogens (primary N) is 2. The van der Waals surface area contributed by atoms with Gasteiger partial charge in [0.2, 0.25) is 5.88 Å². The third-order valence-corrected chi connectivity index (χ3v) is 1.36. The molecule has 0 bridgehead atoms. The van der Waals surface area contributed by atoms with Gasteiger partial charge in [-0.3, -0.25) is 16.5 Å². The maximum atomic E-state index is 10.3. The standard InChI is InChI=1S/C8H9NO3.H4N2/c1-12-7-3-2-6(5-9-7)4-8(10)11;1-2/h2-3,5H,4H2,1H3,(H,10,11);1-2H2. The summed E-state index contributed by atoms with van der Waals surface area (Å²) in [7, 11) is 1.51. The fourth-order valence-electron chi connectivity index (χ4n) is 0.811. The van der Waals surface area contributed by atoms with Gasteiger partial charge in [-0.05, 0) is 5.56 Å². The maximum Gasteiger partial charge on any atom is 0.307 e. The van der Waals surface area contributed by atoms with Crippen LogP contribution in [0.2, 0.25) is 0 Å². The minimum Gasteiger partial charge on any atom is -0.481 e. The predicted octanol–water partition coefficient (Wildman–Crippen LogP) is -0.464. The molecule has 0 aliphatic heterocycles. The molecule has 6 heteroatoms. The molecule has 1 aromatic heterocycles. The summed E-state index contributed by atoms with van der Waals surface area (Å²) < 4.78 is 4.82. The number of carboxylic acid groups (broad SMARTS) is 1. The van der Waals surface area contributed by atoms with E-state index >= 15 is 0 Å². The topological polar surface area (TPSA) is 111 Å². The fourth-order valence-corrected chi connectivity index (χ4v) is 0.811. The first kappa shape index (κ1) is 12.3. The van der Waals surface area contributed by atoms with Crippen molar-refractivity contribution in [1.82, 2.24) is 4.98 Å². The largest absolute Gasteiger partial charge is 0.481 e. The Morgan fingerprint density at radius 1 is 1.57 bits per heavy atom. The van der Waals surface area contributed by atoms with Crippen LogP contribution in [0, 0.1) is 0 Å². The quantitative estimate of drug-likeness (QED) is 0.448. The highest BCUT2D eigenvalue weighted by Gasteiger charge is 2.00. The van der Waals surface area contributed by atoms with Crippen molar-refractivity contribution in [2.75, 3.05) is 7.11 Å². The molecule has 1 aromatic rings. The van der Waals surface area contributed by atoms with Gasteiger partial charge in [-0.25, -0.2) is 4.98 Å². The average molecular weight is 199 g/mol. The number of nitrogens with zero attached hydrogens (tertiary/aromatic N) is 1. The van der Waals surface area contributed by atoms with Gasteiger partial charge in [0, 0.05) is 12.3 Å². The molecule has 5 N–H and O–H groups in total. The first-order chi connectivity index (χ1) is 6.72. The number of aliphatic carboxylic acids is 1. The van der Waals surface area contributed by atoms with Gasteiger partial charge in [-0.15, -0.1) is 0 Å². The van der Waals surface area contributed by atoms with Crippen LogP contribution in [0.4, 0.5) is 0 Å². The van der Waals surface area contributed by atoms with Crippen molar-refractivity contribution in [2.24, 2.45) is 11.7 Å². The molecule has 0 fully saturated rings. The molecule has 0 unspecified atom stereocenters. The first-order valence-corrected chi connectivity index (χ1v) is 3.76. The summed E-state index contributed by atoms with van der Waals surface area (Å²) in [5, 5.41) is 8.43. The normalized spacial score (nSPS) is 8.50. The van der Waals surface area contributed by atoms with Gasteiger partial charge < -0.3 is 9.84 Å². The summed E-state index contributed by atoms with van der Waals surface area (Å²) in [5.41, 5.74) is 0.670. The zero-order valence-electron chi connectivity index (χ0n) is 7.80. The molecule has 0 atom stereocenters. The lowest BCUT2D eigenvalue weighted by Gasteiger charge is -1.98. The number of methoxy groups -OCH3 is 1. The molecule has 0 aromatic carbocycles. The van der Waals surface area contributed by atoms with Crippen LogP contribution in [-0.4, -0.2) is 23.2 Å². The van der Waals surface area contributed by atoms with Crippen LogP contribution in [0.5, 0.6) is 5.88 Å². The van der Waals surface area contributed by atoms with Gasteiger partial charge in [0.25, 0.3) is 0 Å². The van der Waals surface area contributed by atoms with E-state index in [2.05, 4.69) is 16.7 Å². The van der Waals surface area contributed by atoms with Crippen LogP contribution < -0.4 is 16.4 Å². The summed E-state index contributed by atoms with van der Waals surface area (Å²) in [6.07, 6.45) is 1.49. The molecule has 0 spiro atoms. The maximum absolute atomic E-state index is 10.3. The summed E-state index contributed by atoms with van der Waals surface area (Å²) >= 11 is 0. The first-order valence-electron chi connectivity index (χ1n) is 3.76. The minimum absolute atomic E-state index is 0.00298. The molecule has 0 saturated heterocycles. The Bertz CT molecular complexity index is 274. The Morgan fingerprint density at radius 3 is 2.57 bits per heavy atom. The number of carboxylic acids is 1. The Labute approximate surface area is 81.5 Å². The van der Waals surface area contributed by atoms with Crippen molar-refractivity contribution in [2.45, 2.75) is 6.42 Å². The Balaban J connectivity index is 0.000000791. The summed E-state index contributed by atoms with van der Waals surface area (Å²) in [4.78, 5) is 14.1. The monoisotopic (exact) mass is 199 g/mol. The van der Waals surface area contributed by atoms with Crippen molar-refractivity contribution in [3.63, 3.8) is 0 Å². The van der Waals surface area contributed by atoms with Gasteiger partial charge in [-0.1, -0.05) is 6.07 Å². The number of hydrogen-bond donors (Lipinski definition) is 3. The van der Waals surface area contributed by atoms with Crippen molar-refractivity contribution < 1.29 is 14.6 Å². The molecule has 14 heavy (non-hydrogen) atoms. The molecular weight excluding hydrogens is 186 g/mol. The second-order valence-corrected chi connectivity index (χ2v) is 2.28. The highest BCUT2D eigenvalue weighted by Crippen LogP contribution is 2.06. The molecule has 0 amide bonds. The predicted molar refractivity (Wildman–Crippen MR) is 50.5 cm³/mol. The number of aromatic nitrogens is 1. The smallest absolute Gasteiger partial charge is 0.307 e. The molecule has 78 valence electrons. The average Bonchev–Trinajstić information content (AvgIpc) is 2.21. The number of rotatable bonds is 3. The zero-order chi connectivity index (χ0) is 11.0. The summed E-state index contributed by atoms with van der Waals surface area (Å²) in [6, 6.07) is 3.32. The van der Waals surface area contributed by atoms with Gasteiger partial charge in [0.15, 0.2) is 0 Å². The number of hydrazine groups is 1. The lowest BCUT2D eigenvalue weighted by atomic mass is 10.2. The number of pyridine rings is 1. The van der Waals surface area contributed by atoms with E-state index in [1.807, 2.05) is 0 Å². The van der Waals surface area contributed by atoms with E-state index in [-0.39, 0.29) is 6.42 Å². The lowest BCUT2D eigenvalue weighted by Crippen LogP contribution is -2.02. The van der Waals surface area contributed by atoms with E-state index in [9.17, 15) is 4.79 Å². The Kier molecular flexibility index (Phi) is 6.01. The molecular formula is C8H13N3O3. The van der Waals surface area contributed by atoms with Crippen molar-refractivity contribution in [3.8, 4) is 5.88 Å². The lowest BCUT2D eigenvalue weighted by molar-refractivity contribution is -0.136. The van der Waals surface area contributed by atoms with Crippen LogP contribution >= 0.6 is 0 Å². The summed E-state index contributed by atoms with van der Waals surface area (Å²) in [6.45, 7) is 0. The number of carbonyl (C=O) groups is 1. The Hall–Kier alpha value is -1.66. The van der Waals surface area contributed by atoms with E-state index in [1.54, 1.807) is 12.1 Å². The molecule has 1 rings (SSSR count). The Morgan fingerprint density at radius 2 is 2.21 bits per heavy atom. The fraction of sp³-hybridized carbons (Fsp3) is 0.250. The molecule has 1 heterocycles. The highest BCUT2D eigenvalue weighted by molar-refractivity contribution is 5.69. The number of ether oxygens (including phenoxy) is 1.